The lowest BCUT2D eigenvalue weighted by Gasteiger charge is -2.29. The van der Waals surface area contributed by atoms with Gasteiger partial charge < -0.3 is 10.2 Å². The molecule has 0 spiro atoms. The van der Waals surface area contributed by atoms with Crippen LogP contribution in [0.15, 0.2) is 41.4 Å². The molecule has 2 rings (SSSR count). The van der Waals surface area contributed by atoms with Crippen LogP contribution in [0.25, 0.3) is 5.57 Å². The zero-order valence-corrected chi connectivity index (χ0v) is 13.9. The van der Waals surface area contributed by atoms with Gasteiger partial charge in [0.15, 0.2) is 5.96 Å². The summed E-state index contributed by atoms with van der Waals surface area (Å²) < 4.78 is 0. The van der Waals surface area contributed by atoms with Crippen molar-refractivity contribution in [1.82, 2.24) is 10.2 Å². The summed E-state index contributed by atoms with van der Waals surface area (Å²) >= 11 is 0. The second-order valence-corrected chi connectivity index (χ2v) is 4.37. The van der Waals surface area contributed by atoms with Crippen molar-refractivity contribution in [2.75, 3.05) is 26.7 Å². The summed E-state index contributed by atoms with van der Waals surface area (Å²) in [7, 11) is 1.84. The van der Waals surface area contributed by atoms with E-state index in [2.05, 4.69) is 58.5 Å². The highest BCUT2D eigenvalue weighted by atomic mass is 127. The fourth-order valence-corrected chi connectivity index (χ4v) is 2.27. The molecule has 104 valence electrons. The van der Waals surface area contributed by atoms with Crippen LogP contribution in [0.3, 0.4) is 0 Å². The Morgan fingerprint density at radius 2 is 2.05 bits per heavy atom. The summed E-state index contributed by atoms with van der Waals surface area (Å²) in [6.07, 6.45) is 3.38. The monoisotopic (exact) mass is 371 g/mol. The summed E-state index contributed by atoms with van der Waals surface area (Å²) in [6, 6.07) is 10.6. The maximum absolute atomic E-state index is 4.30. The lowest BCUT2D eigenvalue weighted by molar-refractivity contribution is 0.441. The Hall–Kier alpha value is -1.04. The summed E-state index contributed by atoms with van der Waals surface area (Å²) in [5.74, 6) is 1.00. The van der Waals surface area contributed by atoms with Crippen LogP contribution in [0, 0.1) is 0 Å². The highest BCUT2D eigenvalue weighted by Gasteiger charge is 2.15. The van der Waals surface area contributed by atoms with Gasteiger partial charge in [0.05, 0.1) is 0 Å². The van der Waals surface area contributed by atoms with E-state index in [-0.39, 0.29) is 24.0 Å². The molecule has 0 amide bonds. The van der Waals surface area contributed by atoms with E-state index in [1.807, 2.05) is 7.05 Å². The van der Waals surface area contributed by atoms with E-state index in [9.17, 15) is 0 Å². The van der Waals surface area contributed by atoms with Crippen LogP contribution < -0.4 is 5.32 Å². The van der Waals surface area contributed by atoms with Crippen molar-refractivity contribution < 1.29 is 0 Å². The Morgan fingerprint density at radius 1 is 1.32 bits per heavy atom. The van der Waals surface area contributed by atoms with E-state index in [4.69, 9.17) is 0 Å². The minimum atomic E-state index is 0. The van der Waals surface area contributed by atoms with E-state index < -0.39 is 0 Å². The van der Waals surface area contributed by atoms with E-state index in [0.29, 0.717) is 0 Å². The van der Waals surface area contributed by atoms with Gasteiger partial charge in [0.2, 0.25) is 0 Å². The quantitative estimate of drug-likeness (QED) is 0.492. The Balaban J connectivity index is 0.00000180. The molecule has 0 atom stereocenters. The van der Waals surface area contributed by atoms with E-state index in [1.165, 1.54) is 11.1 Å². The largest absolute Gasteiger partial charge is 0.357 e. The number of guanidine groups is 1. The minimum absolute atomic E-state index is 0. The van der Waals surface area contributed by atoms with Crippen LogP contribution in [0.1, 0.15) is 18.9 Å². The normalized spacial score (nSPS) is 15.6. The van der Waals surface area contributed by atoms with Gasteiger partial charge in [-0.2, -0.15) is 0 Å². The molecule has 0 bridgehead atoms. The molecule has 0 aliphatic carbocycles. The Kier molecular flexibility index (Phi) is 6.91. The number of nitrogens with zero attached hydrogens (tertiary/aromatic N) is 2. The van der Waals surface area contributed by atoms with Crippen LogP contribution in [0.5, 0.6) is 0 Å². The summed E-state index contributed by atoms with van der Waals surface area (Å²) in [5.41, 5.74) is 2.79. The average Bonchev–Trinajstić information content (AvgIpc) is 2.46. The Labute approximate surface area is 132 Å². The molecule has 1 aliphatic heterocycles. The molecule has 0 unspecified atom stereocenters. The van der Waals surface area contributed by atoms with Crippen LogP contribution >= 0.6 is 24.0 Å². The molecule has 0 fully saturated rings. The molecule has 0 saturated carbocycles. The zero-order chi connectivity index (χ0) is 12.8. The van der Waals surface area contributed by atoms with Crippen molar-refractivity contribution in [2.24, 2.45) is 4.99 Å². The lowest BCUT2D eigenvalue weighted by Crippen LogP contribution is -2.43. The zero-order valence-electron chi connectivity index (χ0n) is 11.6. The number of rotatable bonds is 2. The van der Waals surface area contributed by atoms with Gasteiger partial charge in [0, 0.05) is 26.7 Å². The average molecular weight is 371 g/mol. The van der Waals surface area contributed by atoms with Crippen LogP contribution in [-0.2, 0) is 0 Å². The number of hydrogen-bond donors (Lipinski definition) is 1. The molecule has 1 aromatic carbocycles. The van der Waals surface area contributed by atoms with Crippen molar-refractivity contribution in [1.29, 1.82) is 0 Å². The van der Waals surface area contributed by atoms with Gasteiger partial charge in [-0.05, 0) is 24.5 Å². The molecule has 1 aliphatic rings. The highest BCUT2D eigenvalue weighted by molar-refractivity contribution is 14.0. The first-order valence-corrected chi connectivity index (χ1v) is 6.55. The summed E-state index contributed by atoms with van der Waals surface area (Å²) in [4.78, 5) is 6.59. The van der Waals surface area contributed by atoms with Gasteiger partial charge in [-0.15, -0.1) is 24.0 Å². The highest BCUT2D eigenvalue weighted by Crippen LogP contribution is 2.21. The predicted molar refractivity (Wildman–Crippen MR) is 93.1 cm³/mol. The number of aliphatic imine (C=N–C) groups is 1. The van der Waals surface area contributed by atoms with Crippen molar-refractivity contribution in [3.63, 3.8) is 0 Å². The minimum Gasteiger partial charge on any atom is -0.357 e. The maximum atomic E-state index is 4.30. The van der Waals surface area contributed by atoms with Gasteiger partial charge in [0.25, 0.3) is 0 Å². The molecule has 3 nitrogen and oxygen atoms in total. The lowest BCUT2D eigenvalue weighted by atomic mass is 10.00. The van der Waals surface area contributed by atoms with E-state index in [0.717, 1.165) is 32.0 Å². The second-order valence-electron chi connectivity index (χ2n) is 4.37. The molecule has 0 aromatic heterocycles. The van der Waals surface area contributed by atoms with Gasteiger partial charge >= 0.3 is 0 Å². The van der Waals surface area contributed by atoms with E-state index in [1.54, 1.807) is 0 Å². The third-order valence-electron chi connectivity index (χ3n) is 3.20. The summed E-state index contributed by atoms with van der Waals surface area (Å²) in [5, 5.41) is 3.30. The van der Waals surface area contributed by atoms with Crippen molar-refractivity contribution in [3.05, 3.63) is 42.0 Å². The third kappa shape index (κ3) is 4.23. The molecule has 1 N–H and O–H groups in total. The number of benzene rings is 1. The smallest absolute Gasteiger partial charge is 0.193 e. The fourth-order valence-electron chi connectivity index (χ4n) is 2.27. The topological polar surface area (TPSA) is 27.6 Å². The van der Waals surface area contributed by atoms with Crippen LogP contribution in [0.4, 0.5) is 0 Å². The number of hydrogen-bond acceptors (Lipinski definition) is 1. The Morgan fingerprint density at radius 3 is 2.58 bits per heavy atom. The van der Waals surface area contributed by atoms with Crippen LogP contribution in [-0.4, -0.2) is 37.5 Å². The second kappa shape index (κ2) is 8.19. The SMILES string of the molecule is CCNC(=NC)N1CC=C(c2ccccc2)CC1.I. The molecule has 19 heavy (non-hydrogen) atoms. The molecule has 1 aromatic rings. The molecular formula is C15H22IN3. The van der Waals surface area contributed by atoms with Crippen molar-refractivity contribution in [3.8, 4) is 0 Å². The first kappa shape index (κ1) is 16.0. The number of nitrogens with one attached hydrogen (secondary N) is 1. The first-order chi connectivity index (χ1) is 8.85. The van der Waals surface area contributed by atoms with E-state index >= 15 is 0 Å². The van der Waals surface area contributed by atoms with Crippen molar-refractivity contribution >= 4 is 35.5 Å². The third-order valence-corrected chi connectivity index (χ3v) is 3.20. The number of halogens is 1. The molecule has 0 radical (unpaired) electrons. The summed E-state index contributed by atoms with van der Waals surface area (Å²) in [6.45, 7) is 4.98. The van der Waals surface area contributed by atoms with Gasteiger partial charge in [0.1, 0.15) is 0 Å². The standard InChI is InChI=1S/C15H21N3.HI/c1-3-17-15(16-2)18-11-9-14(10-12-18)13-7-5-4-6-8-13;/h4-9H,3,10-12H2,1-2H3,(H,16,17);1H. The predicted octanol–water partition coefficient (Wildman–Crippen LogP) is 2.99. The fraction of sp³-hybridized carbons (Fsp3) is 0.400. The van der Waals surface area contributed by atoms with Gasteiger partial charge in [-0.3, -0.25) is 4.99 Å². The maximum Gasteiger partial charge on any atom is 0.193 e. The Bertz CT molecular complexity index is 440. The first-order valence-electron chi connectivity index (χ1n) is 6.55. The molecule has 4 heteroatoms. The molecule has 0 saturated heterocycles. The van der Waals surface area contributed by atoms with Crippen LogP contribution in [0.2, 0.25) is 0 Å². The molecule has 1 heterocycles. The molecular weight excluding hydrogens is 349 g/mol. The van der Waals surface area contributed by atoms with Gasteiger partial charge in [-0.1, -0.05) is 36.4 Å². The van der Waals surface area contributed by atoms with Crippen molar-refractivity contribution in [2.45, 2.75) is 13.3 Å². The van der Waals surface area contributed by atoms with Gasteiger partial charge in [-0.25, -0.2) is 0 Å².